The zero-order valence-electron chi connectivity index (χ0n) is 14.0. The summed E-state index contributed by atoms with van der Waals surface area (Å²) in [5.41, 5.74) is 0. The topological polar surface area (TPSA) is 94.8 Å². The lowest BCUT2D eigenvalue weighted by molar-refractivity contribution is 0.101. The average molecular weight is 405 g/mol. The third-order valence-corrected chi connectivity index (χ3v) is 6.37. The van der Waals surface area contributed by atoms with Gasteiger partial charge in [-0.2, -0.15) is 0 Å². The van der Waals surface area contributed by atoms with E-state index in [1.807, 2.05) is 0 Å². The van der Waals surface area contributed by atoms with E-state index in [0.29, 0.717) is 34.5 Å². The molecule has 1 N–H and O–H groups in total. The number of ether oxygens (including phenoxy) is 2. The number of sulfonamides is 1. The predicted molar refractivity (Wildman–Crippen MR) is 97.9 cm³/mol. The van der Waals surface area contributed by atoms with Crippen LogP contribution in [0.4, 0.5) is 0 Å². The molecule has 1 aliphatic heterocycles. The molecule has 7 nitrogen and oxygen atoms in total. The van der Waals surface area contributed by atoms with Gasteiger partial charge in [0.25, 0.3) is 0 Å². The van der Waals surface area contributed by atoms with E-state index in [2.05, 4.69) is 4.72 Å². The molecule has 0 amide bonds. The van der Waals surface area contributed by atoms with E-state index in [0.717, 1.165) is 0 Å². The fraction of sp³-hybridized carbons (Fsp3) is 0.167. The van der Waals surface area contributed by atoms with E-state index >= 15 is 0 Å². The minimum Gasteiger partial charge on any atom is -0.486 e. The average Bonchev–Trinajstić information content (AvgIpc) is 3.37. The van der Waals surface area contributed by atoms with Crippen LogP contribution in [0.25, 0.3) is 0 Å². The molecule has 0 aliphatic carbocycles. The Morgan fingerprint density at radius 1 is 1.07 bits per heavy atom. The van der Waals surface area contributed by atoms with Crippen LogP contribution < -0.4 is 14.2 Å². The zero-order valence-corrected chi connectivity index (χ0v) is 15.6. The Hall–Kier alpha value is -2.62. The number of benzene rings is 1. The summed E-state index contributed by atoms with van der Waals surface area (Å²) >= 11 is 1.22. The summed E-state index contributed by atoms with van der Waals surface area (Å²) in [7, 11) is -3.73. The second kappa shape index (κ2) is 7.18. The summed E-state index contributed by atoms with van der Waals surface area (Å²) in [5, 5.41) is 0. The van der Waals surface area contributed by atoms with Gasteiger partial charge < -0.3 is 13.9 Å². The Labute approximate surface area is 159 Å². The molecule has 0 unspecified atom stereocenters. The molecule has 0 saturated heterocycles. The lowest BCUT2D eigenvalue weighted by Crippen LogP contribution is -2.23. The molecule has 140 valence electrons. The maximum absolute atomic E-state index is 12.5. The van der Waals surface area contributed by atoms with E-state index in [-0.39, 0.29) is 23.0 Å². The van der Waals surface area contributed by atoms with Crippen molar-refractivity contribution in [3.05, 3.63) is 64.2 Å². The van der Waals surface area contributed by atoms with Gasteiger partial charge in [0.05, 0.1) is 16.0 Å². The van der Waals surface area contributed by atoms with Crippen LogP contribution in [0.1, 0.15) is 20.3 Å². The van der Waals surface area contributed by atoms with Crippen LogP contribution in [0.5, 0.6) is 11.5 Å². The molecule has 9 heteroatoms. The van der Waals surface area contributed by atoms with Crippen molar-refractivity contribution in [2.45, 2.75) is 11.4 Å². The van der Waals surface area contributed by atoms with Crippen molar-refractivity contribution < 1.29 is 27.1 Å². The number of carbonyl (C=O) groups excluding carboxylic acids is 1. The van der Waals surface area contributed by atoms with Gasteiger partial charge in [-0.25, -0.2) is 13.1 Å². The summed E-state index contributed by atoms with van der Waals surface area (Å²) < 4.78 is 43.5. The molecule has 3 heterocycles. The van der Waals surface area contributed by atoms with E-state index in [1.165, 1.54) is 29.7 Å². The van der Waals surface area contributed by atoms with Gasteiger partial charge in [0.1, 0.15) is 13.2 Å². The molecule has 27 heavy (non-hydrogen) atoms. The predicted octanol–water partition coefficient (Wildman–Crippen LogP) is 2.82. The van der Waals surface area contributed by atoms with Gasteiger partial charge in [0.2, 0.25) is 15.8 Å². The molecule has 4 rings (SSSR count). The smallest absolute Gasteiger partial charge is 0.241 e. The van der Waals surface area contributed by atoms with Gasteiger partial charge in [-0.3, -0.25) is 4.79 Å². The largest absolute Gasteiger partial charge is 0.486 e. The van der Waals surface area contributed by atoms with Crippen molar-refractivity contribution in [3.8, 4) is 11.5 Å². The normalized spacial score (nSPS) is 13.5. The first-order chi connectivity index (χ1) is 13.0. The Bertz CT molecular complexity index is 1070. The van der Waals surface area contributed by atoms with E-state index < -0.39 is 10.0 Å². The first-order valence-corrected chi connectivity index (χ1v) is 10.4. The second-order valence-corrected chi connectivity index (χ2v) is 8.64. The molecule has 0 saturated carbocycles. The van der Waals surface area contributed by atoms with Crippen molar-refractivity contribution in [3.63, 3.8) is 0 Å². The highest BCUT2D eigenvalue weighted by atomic mass is 32.2. The van der Waals surface area contributed by atoms with Gasteiger partial charge in [-0.1, -0.05) is 0 Å². The first kappa shape index (κ1) is 17.8. The number of hydrogen-bond acceptors (Lipinski definition) is 7. The van der Waals surface area contributed by atoms with Crippen LogP contribution in [-0.4, -0.2) is 27.4 Å². The van der Waals surface area contributed by atoms with Crippen LogP contribution in [0.15, 0.2) is 58.0 Å². The molecule has 1 aliphatic rings. The number of fused-ring (bicyclic) bond motifs is 1. The maximum Gasteiger partial charge on any atom is 0.241 e. The number of ketones is 1. The second-order valence-electron chi connectivity index (χ2n) is 5.70. The Kier molecular flexibility index (Phi) is 4.73. The van der Waals surface area contributed by atoms with Crippen molar-refractivity contribution in [2.75, 3.05) is 13.2 Å². The molecule has 0 radical (unpaired) electrons. The summed E-state index contributed by atoms with van der Waals surface area (Å²) in [4.78, 5) is 13.5. The van der Waals surface area contributed by atoms with Crippen molar-refractivity contribution in [1.29, 1.82) is 0 Å². The van der Waals surface area contributed by atoms with Gasteiger partial charge in [-0.15, -0.1) is 11.3 Å². The minimum atomic E-state index is -3.73. The maximum atomic E-state index is 12.5. The van der Waals surface area contributed by atoms with Crippen molar-refractivity contribution in [2.24, 2.45) is 0 Å². The first-order valence-electron chi connectivity index (χ1n) is 8.09. The molecule has 0 atom stereocenters. The number of furan rings is 1. The Morgan fingerprint density at radius 2 is 1.89 bits per heavy atom. The van der Waals surface area contributed by atoms with Crippen molar-refractivity contribution >= 4 is 27.1 Å². The van der Waals surface area contributed by atoms with Crippen LogP contribution in [0.3, 0.4) is 0 Å². The standard InChI is InChI=1S/C18H15NO6S2/c20-18(15-2-1-7-23-15)17-6-3-12(26-17)11-19-27(21,22)13-4-5-14-16(10-13)25-9-8-24-14/h1-7,10,19H,8-9,11H2. The molecule has 3 aromatic rings. The quantitative estimate of drug-likeness (QED) is 0.634. The van der Waals surface area contributed by atoms with Gasteiger partial charge in [-0.05, 0) is 36.4 Å². The summed E-state index contributed by atoms with van der Waals surface area (Å²) in [5.74, 6) is 0.956. The SMILES string of the molecule is O=C(c1ccco1)c1ccc(CNS(=O)(=O)c2ccc3c(c2)OCCO3)s1. The molecule has 0 fully saturated rings. The lowest BCUT2D eigenvalue weighted by Gasteiger charge is -2.18. The van der Waals surface area contributed by atoms with E-state index in [4.69, 9.17) is 13.9 Å². The third kappa shape index (κ3) is 3.75. The molecule has 0 spiro atoms. The molecule has 0 bridgehead atoms. The summed E-state index contributed by atoms with van der Waals surface area (Å²) in [6.45, 7) is 0.896. The number of carbonyl (C=O) groups is 1. The Balaban J connectivity index is 1.46. The monoisotopic (exact) mass is 405 g/mol. The minimum absolute atomic E-state index is 0.0763. The number of nitrogens with one attached hydrogen (secondary N) is 1. The van der Waals surface area contributed by atoms with Crippen molar-refractivity contribution in [1.82, 2.24) is 4.72 Å². The highest BCUT2D eigenvalue weighted by Crippen LogP contribution is 2.32. The van der Waals surface area contributed by atoms with Gasteiger partial charge in [0.15, 0.2) is 17.3 Å². The van der Waals surface area contributed by atoms with Crippen LogP contribution in [0, 0.1) is 0 Å². The van der Waals surface area contributed by atoms with E-state index in [1.54, 1.807) is 30.3 Å². The van der Waals surface area contributed by atoms with Crippen LogP contribution >= 0.6 is 11.3 Å². The highest BCUT2D eigenvalue weighted by Gasteiger charge is 2.20. The summed E-state index contributed by atoms with van der Waals surface area (Å²) in [6, 6.07) is 11.1. The molecular weight excluding hydrogens is 390 g/mol. The fourth-order valence-electron chi connectivity index (χ4n) is 2.56. The fourth-order valence-corrected chi connectivity index (χ4v) is 4.57. The Morgan fingerprint density at radius 3 is 2.67 bits per heavy atom. The molecule has 1 aromatic carbocycles. The molecular formula is C18H15NO6S2. The van der Waals surface area contributed by atoms with E-state index in [9.17, 15) is 13.2 Å². The van der Waals surface area contributed by atoms with Crippen LogP contribution in [0.2, 0.25) is 0 Å². The number of hydrogen-bond donors (Lipinski definition) is 1. The number of rotatable bonds is 6. The third-order valence-electron chi connectivity index (χ3n) is 3.89. The van der Waals surface area contributed by atoms with Gasteiger partial charge in [0, 0.05) is 17.5 Å². The lowest BCUT2D eigenvalue weighted by atomic mass is 10.2. The number of thiophene rings is 1. The summed E-state index contributed by atoms with van der Waals surface area (Å²) in [6.07, 6.45) is 1.43. The molecule has 2 aromatic heterocycles. The van der Waals surface area contributed by atoms with Gasteiger partial charge >= 0.3 is 0 Å². The van der Waals surface area contributed by atoms with Crippen LogP contribution in [-0.2, 0) is 16.6 Å². The highest BCUT2D eigenvalue weighted by molar-refractivity contribution is 7.89. The zero-order chi connectivity index (χ0) is 18.9.